The second kappa shape index (κ2) is 4.83. The standard InChI is InChI=1S/C18H21NO2/c1-12-11-19(18(2,3)16(20)14-9-10-14)17(21)15(12)13-7-5-4-6-8-13/h4-8,14H,9-11H2,1-3H3. The maximum Gasteiger partial charge on any atom is 0.255 e. The number of rotatable bonds is 4. The van der Waals surface area contributed by atoms with Crippen LogP contribution in [0.2, 0.25) is 0 Å². The minimum atomic E-state index is -0.712. The Hall–Kier alpha value is -1.90. The number of Topliss-reactive ketones (excluding diaryl/α,β-unsaturated/α-hetero) is 1. The minimum Gasteiger partial charge on any atom is -0.322 e. The average molecular weight is 283 g/mol. The Balaban J connectivity index is 1.89. The van der Waals surface area contributed by atoms with Gasteiger partial charge in [-0.25, -0.2) is 0 Å². The van der Waals surface area contributed by atoms with Gasteiger partial charge in [-0.1, -0.05) is 30.3 Å². The zero-order valence-electron chi connectivity index (χ0n) is 12.8. The first-order valence-corrected chi connectivity index (χ1v) is 7.54. The molecule has 1 aliphatic heterocycles. The molecule has 21 heavy (non-hydrogen) atoms. The molecule has 0 unspecified atom stereocenters. The molecule has 1 aromatic rings. The fourth-order valence-electron chi connectivity index (χ4n) is 3.11. The molecule has 1 aromatic carbocycles. The number of nitrogens with zero attached hydrogens (tertiary/aromatic N) is 1. The van der Waals surface area contributed by atoms with Gasteiger partial charge in [0.05, 0.1) is 5.54 Å². The van der Waals surface area contributed by atoms with E-state index in [1.807, 2.05) is 51.1 Å². The Kier molecular flexibility index (Phi) is 3.23. The molecule has 1 amide bonds. The van der Waals surface area contributed by atoms with Crippen LogP contribution >= 0.6 is 0 Å². The van der Waals surface area contributed by atoms with E-state index in [4.69, 9.17) is 0 Å². The molecule has 1 heterocycles. The highest BCUT2D eigenvalue weighted by Gasteiger charge is 2.47. The van der Waals surface area contributed by atoms with Crippen molar-refractivity contribution in [2.24, 2.45) is 5.92 Å². The number of ketones is 1. The molecule has 1 saturated carbocycles. The smallest absolute Gasteiger partial charge is 0.255 e. The second-order valence-electron chi connectivity index (χ2n) is 6.61. The lowest BCUT2D eigenvalue weighted by Crippen LogP contribution is -2.52. The third-order valence-electron chi connectivity index (χ3n) is 4.57. The van der Waals surface area contributed by atoms with Gasteiger partial charge in [0.15, 0.2) is 5.78 Å². The fraction of sp³-hybridized carbons (Fsp3) is 0.444. The van der Waals surface area contributed by atoms with Crippen LogP contribution in [0.15, 0.2) is 35.9 Å². The van der Waals surface area contributed by atoms with Gasteiger partial charge in [-0.2, -0.15) is 0 Å². The summed E-state index contributed by atoms with van der Waals surface area (Å²) in [6.07, 6.45) is 1.95. The molecule has 110 valence electrons. The lowest BCUT2D eigenvalue weighted by molar-refractivity contribution is -0.140. The molecular formula is C18H21NO2. The molecule has 2 aliphatic rings. The summed E-state index contributed by atoms with van der Waals surface area (Å²) in [5.41, 5.74) is 2.03. The van der Waals surface area contributed by atoms with E-state index >= 15 is 0 Å². The summed E-state index contributed by atoms with van der Waals surface area (Å²) in [6.45, 7) is 6.30. The molecule has 3 heteroatoms. The van der Waals surface area contributed by atoms with E-state index in [1.165, 1.54) is 0 Å². The third kappa shape index (κ3) is 2.31. The molecule has 1 aliphatic carbocycles. The van der Waals surface area contributed by atoms with Crippen molar-refractivity contribution in [1.29, 1.82) is 0 Å². The molecule has 0 atom stereocenters. The van der Waals surface area contributed by atoms with E-state index in [9.17, 15) is 9.59 Å². The van der Waals surface area contributed by atoms with Gasteiger partial charge < -0.3 is 4.90 Å². The summed E-state index contributed by atoms with van der Waals surface area (Å²) in [5.74, 6) is 0.351. The summed E-state index contributed by atoms with van der Waals surface area (Å²) in [4.78, 5) is 27.1. The predicted octanol–water partition coefficient (Wildman–Crippen LogP) is 3.06. The van der Waals surface area contributed by atoms with E-state index in [0.717, 1.165) is 29.6 Å². The first kappa shape index (κ1) is 14.1. The molecular weight excluding hydrogens is 262 g/mol. The van der Waals surface area contributed by atoms with E-state index in [2.05, 4.69) is 0 Å². The minimum absolute atomic E-state index is 0.0160. The topological polar surface area (TPSA) is 37.4 Å². The number of carbonyl (C=O) groups is 2. The largest absolute Gasteiger partial charge is 0.322 e. The monoisotopic (exact) mass is 283 g/mol. The van der Waals surface area contributed by atoms with Crippen LogP contribution in [-0.4, -0.2) is 28.7 Å². The van der Waals surface area contributed by atoms with E-state index in [1.54, 1.807) is 4.90 Å². The van der Waals surface area contributed by atoms with E-state index < -0.39 is 5.54 Å². The van der Waals surface area contributed by atoms with Crippen molar-refractivity contribution in [2.45, 2.75) is 39.2 Å². The van der Waals surface area contributed by atoms with Crippen LogP contribution in [0, 0.1) is 5.92 Å². The van der Waals surface area contributed by atoms with Crippen LogP contribution in [0.5, 0.6) is 0 Å². The highest BCUT2D eigenvalue weighted by Crippen LogP contribution is 2.39. The van der Waals surface area contributed by atoms with Gasteiger partial charge in [0, 0.05) is 18.0 Å². The van der Waals surface area contributed by atoms with E-state index in [0.29, 0.717) is 6.54 Å². The van der Waals surface area contributed by atoms with Gasteiger partial charge in [0.2, 0.25) is 0 Å². The molecule has 0 saturated heterocycles. The SMILES string of the molecule is CC1=C(c2ccccc2)C(=O)N(C(C)(C)C(=O)C2CC2)C1. The normalized spacial score (nSPS) is 19.4. The molecule has 0 aromatic heterocycles. The third-order valence-corrected chi connectivity index (χ3v) is 4.57. The molecule has 0 radical (unpaired) electrons. The Morgan fingerprint density at radius 3 is 2.38 bits per heavy atom. The summed E-state index contributed by atoms with van der Waals surface area (Å²) >= 11 is 0. The van der Waals surface area contributed by atoms with Crippen molar-refractivity contribution >= 4 is 17.3 Å². The first-order valence-electron chi connectivity index (χ1n) is 7.54. The van der Waals surface area contributed by atoms with Crippen molar-refractivity contribution in [3.05, 3.63) is 41.5 Å². The summed E-state index contributed by atoms with van der Waals surface area (Å²) in [5, 5.41) is 0. The Morgan fingerprint density at radius 2 is 1.81 bits per heavy atom. The average Bonchev–Trinajstić information content (AvgIpc) is 3.25. The molecule has 0 spiro atoms. The summed E-state index contributed by atoms with van der Waals surface area (Å²) < 4.78 is 0. The van der Waals surface area contributed by atoms with Crippen LogP contribution in [0.3, 0.4) is 0 Å². The van der Waals surface area contributed by atoms with Crippen LogP contribution in [0.25, 0.3) is 5.57 Å². The Labute approximate surface area is 125 Å². The molecule has 3 rings (SSSR count). The van der Waals surface area contributed by atoms with Gasteiger partial charge in [-0.3, -0.25) is 9.59 Å². The Bertz CT molecular complexity index is 624. The number of hydrogen-bond donors (Lipinski definition) is 0. The number of hydrogen-bond acceptors (Lipinski definition) is 2. The van der Waals surface area contributed by atoms with Gasteiger partial charge >= 0.3 is 0 Å². The van der Waals surface area contributed by atoms with Crippen LogP contribution in [0.1, 0.15) is 39.2 Å². The van der Waals surface area contributed by atoms with Gasteiger partial charge in [-0.05, 0) is 44.7 Å². The van der Waals surface area contributed by atoms with Gasteiger partial charge in [0.25, 0.3) is 5.91 Å². The van der Waals surface area contributed by atoms with Crippen molar-refractivity contribution < 1.29 is 9.59 Å². The molecule has 3 nitrogen and oxygen atoms in total. The van der Waals surface area contributed by atoms with Crippen molar-refractivity contribution in [3.8, 4) is 0 Å². The summed E-state index contributed by atoms with van der Waals surface area (Å²) in [6, 6.07) is 9.72. The Morgan fingerprint density at radius 1 is 1.19 bits per heavy atom. The van der Waals surface area contributed by atoms with Crippen LogP contribution in [0.4, 0.5) is 0 Å². The number of benzene rings is 1. The highest BCUT2D eigenvalue weighted by molar-refractivity contribution is 6.23. The number of amides is 1. The highest BCUT2D eigenvalue weighted by atomic mass is 16.2. The molecule has 1 fully saturated rings. The summed E-state index contributed by atoms with van der Waals surface area (Å²) in [7, 11) is 0. The fourth-order valence-corrected chi connectivity index (χ4v) is 3.11. The lowest BCUT2D eigenvalue weighted by Gasteiger charge is -2.34. The maximum atomic E-state index is 12.8. The predicted molar refractivity (Wildman–Crippen MR) is 82.6 cm³/mol. The quantitative estimate of drug-likeness (QED) is 0.851. The van der Waals surface area contributed by atoms with Gasteiger partial charge in [0.1, 0.15) is 0 Å². The second-order valence-corrected chi connectivity index (χ2v) is 6.61. The van der Waals surface area contributed by atoms with Crippen LogP contribution < -0.4 is 0 Å². The van der Waals surface area contributed by atoms with Crippen molar-refractivity contribution in [1.82, 2.24) is 4.90 Å². The maximum absolute atomic E-state index is 12.8. The molecule has 0 bridgehead atoms. The number of carbonyl (C=O) groups excluding carboxylic acids is 2. The van der Waals surface area contributed by atoms with Crippen LogP contribution in [-0.2, 0) is 9.59 Å². The van der Waals surface area contributed by atoms with E-state index in [-0.39, 0.29) is 17.6 Å². The molecule has 0 N–H and O–H groups in total. The zero-order chi connectivity index (χ0) is 15.2. The zero-order valence-corrected chi connectivity index (χ0v) is 12.8. The first-order chi connectivity index (χ1) is 9.93. The van der Waals surface area contributed by atoms with Crippen molar-refractivity contribution in [3.63, 3.8) is 0 Å². The van der Waals surface area contributed by atoms with Crippen molar-refractivity contribution in [2.75, 3.05) is 6.54 Å². The van der Waals surface area contributed by atoms with Gasteiger partial charge in [-0.15, -0.1) is 0 Å². The lowest BCUT2D eigenvalue weighted by atomic mass is 9.93.